The fraction of sp³-hybridized carbons (Fsp3) is 0.273. The molecule has 2 rings (SSSR count). The number of hydrogen-bond donors (Lipinski definition) is 0. The van der Waals surface area contributed by atoms with Gasteiger partial charge in [0, 0.05) is 0 Å². The average molecular weight is 357 g/mol. The Balaban J connectivity index is 0. The first-order chi connectivity index (χ1) is 6.42. The van der Waals surface area contributed by atoms with Crippen molar-refractivity contribution in [3.05, 3.63) is 47.6 Å². The second-order valence-electron chi connectivity index (χ2n) is 3.25. The molecule has 0 fully saturated rings. The molecule has 0 atom stereocenters. The normalized spacial score (nSPS) is 16.2. The van der Waals surface area contributed by atoms with Crippen molar-refractivity contribution in [3.8, 4) is 0 Å². The van der Waals surface area contributed by atoms with Crippen molar-refractivity contribution >= 4 is 0 Å². The van der Waals surface area contributed by atoms with Crippen molar-refractivity contribution < 1.29 is 65.2 Å². The number of hydrogen-bond acceptors (Lipinski definition) is 1. The Bertz CT molecular complexity index is 291. The fourth-order valence-electron chi connectivity index (χ4n) is 1.71. The molecule has 1 nitrogen and oxygen atoms in total. The van der Waals surface area contributed by atoms with Gasteiger partial charge < -0.3 is 37.2 Å². The van der Waals surface area contributed by atoms with Crippen LogP contribution >= 0.6 is 0 Å². The SMILES string of the molecule is [Cl-].[Cl-].[Cl-].[Zr+3][O]C(C1=CC=CC1)C1=CC=CC1. The van der Waals surface area contributed by atoms with Crippen molar-refractivity contribution in [2.24, 2.45) is 0 Å². The Morgan fingerprint density at radius 1 is 0.938 bits per heavy atom. The summed E-state index contributed by atoms with van der Waals surface area (Å²) in [6.07, 6.45) is 15.3. The molecular formula is C11H11Cl3OZr. The quantitative estimate of drug-likeness (QED) is 0.489. The zero-order valence-electron chi connectivity index (χ0n) is 8.50. The predicted molar refractivity (Wildman–Crippen MR) is 48.6 cm³/mol. The molecule has 0 aromatic heterocycles. The van der Waals surface area contributed by atoms with Crippen LogP contribution in [0.1, 0.15) is 12.8 Å². The average Bonchev–Trinajstić information content (AvgIpc) is 2.76. The third-order valence-corrected chi connectivity index (χ3v) is 2.97. The summed E-state index contributed by atoms with van der Waals surface area (Å²) < 4.78 is 5.59. The molecule has 2 aliphatic rings. The third kappa shape index (κ3) is 4.51. The van der Waals surface area contributed by atoms with E-state index in [1.165, 1.54) is 11.1 Å². The Labute approximate surface area is 131 Å². The summed E-state index contributed by atoms with van der Waals surface area (Å²) in [4.78, 5) is 0. The van der Waals surface area contributed by atoms with Gasteiger partial charge in [0.05, 0.1) is 0 Å². The van der Waals surface area contributed by atoms with E-state index in [1.807, 2.05) is 0 Å². The molecule has 0 saturated heterocycles. The fourth-order valence-corrected chi connectivity index (χ4v) is 2.45. The Hall–Kier alpha value is 0.673. The third-order valence-electron chi connectivity index (χ3n) is 2.39. The molecule has 16 heavy (non-hydrogen) atoms. The zero-order valence-corrected chi connectivity index (χ0v) is 13.2. The second-order valence-corrected chi connectivity index (χ2v) is 3.82. The number of allylic oxidation sites excluding steroid dienone is 6. The van der Waals surface area contributed by atoms with Crippen LogP contribution < -0.4 is 37.2 Å². The summed E-state index contributed by atoms with van der Waals surface area (Å²) in [6.45, 7) is 0. The van der Waals surface area contributed by atoms with E-state index in [4.69, 9.17) is 2.81 Å². The van der Waals surface area contributed by atoms with Gasteiger partial charge in [0.15, 0.2) is 0 Å². The Morgan fingerprint density at radius 2 is 1.38 bits per heavy atom. The summed E-state index contributed by atoms with van der Waals surface area (Å²) in [6, 6.07) is 0. The van der Waals surface area contributed by atoms with Crippen LogP contribution in [0.5, 0.6) is 0 Å². The van der Waals surface area contributed by atoms with Gasteiger partial charge in [-0.05, 0) is 0 Å². The van der Waals surface area contributed by atoms with E-state index in [2.05, 4.69) is 36.5 Å². The molecule has 0 aromatic carbocycles. The van der Waals surface area contributed by atoms with E-state index < -0.39 is 0 Å². The van der Waals surface area contributed by atoms with E-state index >= 15 is 0 Å². The van der Waals surface area contributed by atoms with Crippen LogP contribution in [-0.4, -0.2) is 6.10 Å². The Kier molecular flexibility index (Phi) is 11.5. The molecule has 0 bridgehead atoms. The Morgan fingerprint density at radius 3 is 1.62 bits per heavy atom. The first kappa shape index (κ1) is 19.0. The summed E-state index contributed by atoms with van der Waals surface area (Å²) in [7, 11) is 0. The monoisotopic (exact) mass is 354 g/mol. The van der Waals surface area contributed by atoms with Gasteiger partial charge in [-0.3, -0.25) is 0 Å². The molecule has 0 aliphatic heterocycles. The number of rotatable bonds is 3. The van der Waals surface area contributed by atoms with Gasteiger partial charge in [0.2, 0.25) is 0 Å². The maximum absolute atomic E-state index is 5.59. The van der Waals surface area contributed by atoms with Gasteiger partial charge in [-0.2, -0.15) is 0 Å². The van der Waals surface area contributed by atoms with E-state index in [-0.39, 0.29) is 43.3 Å². The van der Waals surface area contributed by atoms with Crippen molar-refractivity contribution in [2.75, 3.05) is 0 Å². The minimum atomic E-state index is 0. The molecule has 0 radical (unpaired) electrons. The van der Waals surface area contributed by atoms with Crippen LogP contribution in [0.25, 0.3) is 0 Å². The van der Waals surface area contributed by atoms with Gasteiger partial charge in [-0.1, -0.05) is 0 Å². The number of halogens is 3. The van der Waals surface area contributed by atoms with Gasteiger partial charge in [0.25, 0.3) is 0 Å². The minimum absolute atomic E-state index is 0. The van der Waals surface area contributed by atoms with Crippen LogP contribution in [-0.2, 0) is 28.0 Å². The van der Waals surface area contributed by atoms with E-state index in [0.717, 1.165) is 38.0 Å². The maximum atomic E-state index is 5.59. The van der Waals surface area contributed by atoms with Crippen LogP contribution in [0.3, 0.4) is 0 Å². The second kappa shape index (κ2) is 9.68. The molecule has 0 aromatic rings. The van der Waals surface area contributed by atoms with Gasteiger partial charge in [-0.15, -0.1) is 0 Å². The summed E-state index contributed by atoms with van der Waals surface area (Å²) >= 11 is 1.15. The van der Waals surface area contributed by atoms with Crippen LogP contribution in [0.4, 0.5) is 0 Å². The van der Waals surface area contributed by atoms with E-state index in [0.29, 0.717) is 0 Å². The van der Waals surface area contributed by atoms with Crippen LogP contribution in [0.15, 0.2) is 47.6 Å². The van der Waals surface area contributed by atoms with Gasteiger partial charge in [0.1, 0.15) is 0 Å². The van der Waals surface area contributed by atoms with Crippen LogP contribution in [0, 0.1) is 0 Å². The zero-order chi connectivity index (χ0) is 9.10. The topological polar surface area (TPSA) is 9.23 Å². The molecule has 0 heterocycles. The van der Waals surface area contributed by atoms with Gasteiger partial charge >= 0.3 is 94.5 Å². The van der Waals surface area contributed by atoms with E-state index in [1.54, 1.807) is 0 Å². The van der Waals surface area contributed by atoms with Crippen LogP contribution in [0.2, 0.25) is 0 Å². The molecule has 0 N–H and O–H groups in total. The molecule has 0 saturated carbocycles. The van der Waals surface area contributed by atoms with Gasteiger partial charge in [-0.25, -0.2) is 0 Å². The molecule has 0 spiro atoms. The molecule has 5 heteroatoms. The first-order valence-corrected chi connectivity index (χ1v) is 5.45. The molecular weight excluding hydrogens is 346 g/mol. The van der Waals surface area contributed by atoms with Crippen molar-refractivity contribution in [3.63, 3.8) is 0 Å². The van der Waals surface area contributed by atoms with Crippen molar-refractivity contribution in [1.29, 1.82) is 0 Å². The molecule has 86 valence electrons. The summed E-state index contributed by atoms with van der Waals surface area (Å²) in [5.74, 6) is 0. The van der Waals surface area contributed by atoms with Crippen molar-refractivity contribution in [2.45, 2.75) is 18.9 Å². The summed E-state index contributed by atoms with van der Waals surface area (Å²) in [5.41, 5.74) is 2.79. The predicted octanol–water partition coefficient (Wildman–Crippen LogP) is -6.38. The summed E-state index contributed by atoms with van der Waals surface area (Å²) in [5, 5.41) is 0. The molecule has 0 amide bonds. The van der Waals surface area contributed by atoms with Crippen molar-refractivity contribution in [1.82, 2.24) is 0 Å². The molecule has 2 aliphatic carbocycles. The standard InChI is InChI=1S/C11H11O.3ClH.Zr/c12-11(9-5-1-2-6-9)10-7-3-4-8-10;;;;/h1-5,7,11H,6,8H2;3*1H;/q-1;;;;+4/p-3. The molecule has 0 unspecified atom stereocenters. The first-order valence-electron chi connectivity index (χ1n) is 4.45. The van der Waals surface area contributed by atoms with E-state index in [9.17, 15) is 0 Å².